The minimum Gasteiger partial charge on any atom is -0.768 e. The van der Waals surface area contributed by atoms with Gasteiger partial charge in [0.15, 0.2) is 0 Å². The normalized spacial score (nSPS) is 20.1. The predicted octanol–water partition coefficient (Wildman–Crippen LogP) is 2.83. The molecule has 0 aliphatic heterocycles. The second-order valence-corrected chi connectivity index (χ2v) is 5.22. The summed E-state index contributed by atoms with van der Waals surface area (Å²) in [5, 5.41) is 0. The largest absolute Gasteiger partial charge is 0.768 e. The van der Waals surface area contributed by atoms with E-state index < -0.39 is 22.7 Å². The predicted molar refractivity (Wildman–Crippen MR) is 55.3 cm³/mol. The molecule has 1 saturated carbocycles. The van der Waals surface area contributed by atoms with E-state index in [1.807, 2.05) is 0 Å². The lowest BCUT2D eigenvalue weighted by Crippen LogP contribution is -2.30. The van der Waals surface area contributed by atoms with Gasteiger partial charge >= 0.3 is 6.18 Å². The van der Waals surface area contributed by atoms with Crippen molar-refractivity contribution in [3.63, 3.8) is 0 Å². The van der Waals surface area contributed by atoms with Gasteiger partial charge in [0.1, 0.15) is 0 Å². The first-order valence-electron chi connectivity index (χ1n) is 5.05. The fourth-order valence-corrected chi connectivity index (χ4v) is 2.61. The van der Waals surface area contributed by atoms with E-state index in [4.69, 9.17) is 0 Å². The molecular weight excluding hydrogens is 253 g/mol. The lowest BCUT2D eigenvalue weighted by molar-refractivity contribution is -0.161. The van der Waals surface area contributed by atoms with Crippen LogP contribution < -0.4 is 0 Å². The van der Waals surface area contributed by atoms with Crippen LogP contribution in [0.1, 0.15) is 24.0 Å². The third kappa shape index (κ3) is 1.99. The summed E-state index contributed by atoms with van der Waals surface area (Å²) in [5.74, 6) is 0. The molecule has 1 aliphatic carbocycles. The molecule has 0 aromatic heterocycles. The van der Waals surface area contributed by atoms with E-state index in [1.165, 1.54) is 18.2 Å². The van der Waals surface area contributed by atoms with Crippen LogP contribution >= 0.6 is 0 Å². The van der Waals surface area contributed by atoms with Crippen molar-refractivity contribution in [3.05, 3.63) is 29.3 Å². The molecule has 1 fully saturated rings. The zero-order valence-electron chi connectivity index (χ0n) is 9.00. The highest BCUT2D eigenvalue weighted by molar-refractivity contribution is 7.79. The molecule has 0 spiro atoms. The minimum atomic E-state index is -4.39. The Morgan fingerprint density at radius 2 is 1.94 bits per heavy atom. The van der Waals surface area contributed by atoms with Crippen molar-refractivity contribution in [3.8, 4) is 0 Å². The van der Waals surface area contributed by atoms with Crippen molar-refractivity contribution in [2.75, 3.05) is 0 Å². The zero-order chi connectivity index (χ0) is 12.8. The summed E-state index contributed by atoms with van der Waals surface area (Å²) in [5.41, 5.74) is -1.43. The Morgan fingerprint density at radius 1 is 1.35 bits per heavy atom. The van der Waals surface area contributed by atoms with Gasteiger partial charge in [0.05, 0.1) is 5.41 Å². The van der Waals surface area contributed by atoms with Gasteiger partial charge in [0, 0.05) is 4.90 Å². The maximum atomic E-state index is 13.0. The fraction of sp³-hybridized carbons (Fsp3) is 0.455. The van der Waals surface area contributed by atoms with Gasteiger partial charge in [-0.2, -0.15) is 13.2 Å². The Bertz CT molecular complexity index is 478. The van der Waals surface area contributed by atoms with Crippen molar-refractivity contribution in [1.82, 2.24) is 0 Å². The summed E-state index contributed by atoms with van der Waals surface area (Å²) in [6, 6.07) is 4.06. The molecule has 1 aromatic carbocycles. The Hall–Kier alpha value is -0.880. The van der Waals surface area contributed by atoms with E-state index in [1.54, 1.807) is 6.92 Å². The van der Waals surface area contributed by atoms with Crippen LogP contribution in [0.25, 0.3) is 0 Å². The molecule has 6 heteroatoms. The molecule has 0 heterocycles. The molecular formula is C11H10F3O2S-. The van der Waals surface area contributed by atoms with Crippen LogP contribution in [0.4, 0.5) is 13.2 Å². The number of benzene rings is 1. The van der Waals surface area contributed by atoms with Gasteiger partial charge in [-0.1, -0.05) is 17.7 Å². The summed E-state index contributed by atoms with van der Waals surface area (Å²) in [7, 11) is 0. The molecule has 1 aliphatic rings. The first-order valence-corrected chi connectivity index (χ1v) is 6.12. The first-order chi connectivity index (χ1) is 7.78. The lowest BCUT2D eigenvalue weighted by atomic mass is 9.94. The molecule has 2 rings (SSSR count). The maximum absolute atomic E-state index is 13.0. The number of hydrogen-bond acceptors (Lipinski definition) is 2. The van der Waals surface area contributed by atoms with E-state index in [-0.39, 0.29) is 23.3 Å². The van der Waals surface area contributed by atoms with Gasteiger partial charge < -0.3 is 4.55 Å². The quantitative estimate of drug-likeness (QED) is 0.770. The highest BCUT2D eigenvalue weighted by Crippen LogP contribution is 2.60. The zero-order valence-corrected chi connectivity index (χ0v) is 9.82. The second-order valence-electron chi connectivity index (χ2n) is 4.31. The van der Waals surface area contributed by atoms with Gasteiger partial charge in [-0.3, -0.25) is 4.21 Å². The molecule has 0 saturated heterocycles. The summed E-state index contributed by atoms with van der Waals surface area (Å²) >= 11 is -2.64. The van der Waals surface area contributed by atoms with Gasteiger partial charge in [0.25, 0.3) is 0 Å². The summed E-state index contributed by atoms with van der Waals surface area (Å²) in [6.07, 6.45) is -4.47. The smallest absolute Gasteiger partial charge is 0.398 e. The van der Waals surface area contributed by atoms with Crippen LogP contribution in [0.2, 0.25) is 0 Å². The molecule has 1 atom stereocenters. The minimum absolute atomic E-state index is 0.0375. The Balaban J connectivity index is 2.59. The van der Waals surface area contributed by atoms with Gasteiger partial charge in [-0.15, -0.1) is 0 Å². The lowest BCUT2D eigenvalue weighted by Gasteiger charge is -2.23. The van der Waals surface area contributed by atoms with Crippen LogP contribution in [0.15, 0.2) is 23.1 Å². The number of rotatable bonds is 2. The van der Waals surface area contributed by atoms with E-state index in [0.717, 1.165) is 0 Å². The molecule has 2 nitrogen and oxygen atoms in total. The maximum Gasteiger partial charge on any atom is 0.398 e. The fourth-order valence-electron chi connectivity index (χ4n) is 1.99. The molecule has 0 radical (unpaired) electrons. The highest BCUT2D eigenvalue weighted by Gasteiger charge is 2.64. The summed E-state index contributed by atoms with van der Waals surface area (Å²) in [6.45, 7) is 1.65. The van der Waals surface area contributed by atoms with E-state index in [0.29, 0.717) is 5.56 Å². The highest BCUT2D eigenvalue weighted by atomic mass is 32.2. The molecule has 1 unspecified atom stereocenters. The summed E-state index contributed by atoms with van der Waals surface area (Å²) in [4.78, 5) is -0.245. The molecule has 0 N–H and O–H groups in total. The first kappa shape index (κ1) is 12.6. The Kier molecular flexibility index (Phi) is 2.82. The average Bonchev–Trinajstić information content (AvgIpc) is 2.96. The van der Waals surface area contributed by atoms with Crippen LogP contribution in [-0.2, 0) is 16.5 Å². The third-order valence-corrected chi connectivity index (χ3v) is 3.84. The van der Waals surface area contributed by atoms with Crippen LogP contribution in [0, 0.1) is 6.92 Å². The van der Waals surface area contributed by atoms with Crippen LogP contribution in [-0.4, -0.2) is 14.9 Å². The van der Waals surface area contributed by atoms with Crippen molar-refractivity contribution < 1.29 is 21.9 Å². The van der Waals surface area contributed by atoms with Crippen LogP contribution in [0.3, 0.4) is 0 Å². The van der Waals surface area contributed by atoms with E-state index in [9.17, 15) is 21.9 Å². The molecule has 0 amide bonds. The molecule has 1 aromatic rings. The topological polar surface area (TPSA) is 40.1 Å². The molecule has 0 bridgehead atoms. The Labute approximate surface area is 99.1 Å². The van der Waals surface area contributed by atoms with Crippen molar-refractivity contribution in [2.24, 2.45) is 0 Å². The number of alkyl halides is 3. The van der Waals surface area contributed by atoms with Crippen LogP contribution in [0.5, 0.6) is 0 Å². The monoisotopic (exact) mass is 263 g/mol. The SMILES string of the molecule is Cc1ccc(S(=O)[O-])c(C2(C(F)(F)F)CC2)c1. The average molecular weight is 263 g/mol. The summed E-state index contributed by atoms with van der Waals surface area (Å²) < 4.78 is 60.8. The Morgan fingerprint density at radius 3 is 2.35 bits per heavy atom. The number of halogens is 3. The van der Waals surface area contributed by atoms with Gasteiger partial charge in [-0.25, -0.2) is 0 Å². The van der Waals surface area contributed by atoms with Crippen molar-refractivity contribution >= 4 is 11.1 Å². The number of hydrogen-bond donors (Lipinski definition) is 0. The standard InChI is InChI=1S/C11H11F3O2S/c1-7-2-3-9(17(15)16)8(6-7)10(4-5-10)11(12,13)14/h2-3,6H,4-5H2,1H3,(H,15,16)/p-1. The second kappa shape index (κ2) is 3.81. The van der Waals surface area contributed by atoms with Crippen molar-refractivity contribution in [2.45, 2.75) is 36.3 Å². The van der Waals surface area contributed by atoms with E-state index >= 15 is 0 Å². The molecule has 17 heavy (non-hydrogen) atoms. The van der Waals surface area contributed by atoms with E-state index in [2.05, 4.69) is 0 Å². The van der Waals surface area contributed by atoms with Gasteiger partial charge in [-0.05, 0) is 42.5 Å². The van der Waals surface area contributed by atoms with Crippen molar-refractivity contribution in [1.29, 1.82) is 0 Å². The van der Waals surface area contributed by atoms with Gasteiger partial charge in [0.2, 0.25) is 0 Å². The number of aryl methyl sites for hydroxylation is 1. The third-order valence-electron chi connectivity index (χ3n) is 3.12. The molecule has 94 valence electrons.